The monoisotopic (exact) mass is 394 g/mol. The van der Waals surface area contributed by atoms with Crippen LogP contribution in [0.5, 0.6) is 0 Å². The number of carbonyl (C=O) groups is 2. The van der Waals surface area contributed by atoms with E-state index in [-0.39, 0.29) is 24.9 Å². The van der Waals surface area contributed by atoms with Crippen molar-refractivity contribution in [3.63, 3.8) is 0 Å². The number of hydrogen-bond donors (Lipinski definition) is 0. The number of nitrogens with zero attached hydrogens (tertiary/aromatic N) is 2. The first kappa shape index (κ1) is 19.8. The smallest absolute Gasteiger partial charge is 0.310 e. The van der Waals surface area contributed by atoms with E-state index in [2.05, 4.69) is 4.98 Å². The van der Waals surface area contributed by atoms with Gasteiger partial charge in [-0.2, -0.15) is 0 Å². The normalized spacial score (nSPS) is 10.5. The zero-order valence-corrected chi connectivity index (χ0v) is 17.0. The van der Waals surface area contributed by atoms with Crippen molar-refractivity contribution in [3.8, 4) is 0 Å². The van der Waals surface area contributed by atoms with Crippen molar-refractivity contribution in [2.75, 3.05) is 4.90 Å². The van der Waals surface area contributed by atoms with Gasteiger partial charge in [-0.3, -0.25) is 14.5 Å². The lowest BCUT2D eigenvalue weighted by Crippen LogP contribution is -2.23. The molecule has 0 bridgehead atoms. The highest BCUT2D eigenvalue weighted by Crippen LogP contribution is 2.31. The van der Waals surface area contributed by atoms with Crippen molar-refractivity contribution < 1.29 is 14.3 Å². The predicted molar refractivity (Wildman–Crippen MR) is 111 cm³/mol. The minimum atomic E-state index is -0.307. The Hall–Kier alpha value is -2.99. The van der Waals surface area contributed by atoms with Gasteiger partial charge in [-0.1, -0.05) is 48.0 Å². The van der Waals surface area contributed by atoms with Crippen LogP contribution in [-0.4, -0.2) is 16.9 Å². The Bertz CT molecular complexity index is 982. The van der Waals surface area contributed by atoms with Crippen molar-refractivity contribution in [2.24, 2.45) is 0 Å². The minimum absolute atomic E-state index is 0.0841. The average Bonchev–Trinajstić information content (AvgIpc) is 3.11. The zero-order valence-electron chi connectivity index (χ0n) is 16.1. The maximum atomic E-state index is 12.3. The molecule has 0 aliphatic carbocycles. The second-order valence-electron chi connectivity index (χ2n) is 6.59. The Morgan fingerprint density at radius 2 is 1.86 bits per heavy atom. The van der Waals surface area contributed by atoms with E-state index in [1.807, 2.05) is 67.8 Å². The van der Waals surface area contributed by atoms with Gasteiger partial charge in [0, 0.05) is 12.3 Å². The van der Waals surface area contributed by atoms with Crippen LogP contribution in [0.15, 0.2) is 53.9 Å². The second-order valence-corrected chi connectivity index (χ2v) is 7.43. The van der Waals surface area contributed by atoms with Gasteiger partial charge >= 0.3 is 5.97 Å². The lowest BCUT2D eigenvalue weighted by molar-refractivity contribution is -0.144. The minimum Gasteiger partial charge on any atom is -0.459 e. The molecule has 3 rings (SSSR count). The van der Waals surface area contributed by atoms with Crippen molar-refractivity contribution in [1.82, 2.24) is 4.98 Å². The number of rotatable bonds is 6. The molecule has 0 fully saturated rings. The fourth-order valence-electron chi connectivity index (χ4n) is 2.90. The highest BCUT2D eigenvalue weighted by atomic mass is 32.1. The summed E-state index contributed by atoms with van der Waals surface area (Å²) in [5.74, 6) is -0.424. The maximum absolute atomic E-state index is 12.3. The van der Waals surface area contributed by atoms with Gasteiger partial charge in [-0.05, 0) is 31.0 Å². The third-order valence-electron chi connectivity index (χ3n) is 4.21. The number of amides is 1. The molecule has 0 saturated heterocycles. The number of ether oxygens (including phenoxy) is 1. The van der Waals surface area contributed by atoms with Crippen molar-refractivity contribution in [2.45, 2.75) is 33.8 Å². The number of aromatic nitrogens is 1. The Labute approximate surface area is 168 Å². The third kappa shape index (κ3) is 4.84. The summed E-state index contributed by atoms with van der Waals surface area (Å²) in [5, 5.41) is 2.37. The number of hydrogen-bond acceptors (Lipinski definition) is 5. The van der Waals surface area contributed by atoms with Crippen LogP contribution < -0.4 is 4.90 Å². The summed E-state index contributed by atoms with van der Waals surface area (Å²) >= 11 is 1.35. The Morgan fingerprint density at radius 3 is 2.54 bits per heavy atom. The highest BCUT2D eigenvalue weighted by molar-refractivity contribution is 7.14. The van der Waals surface area contributed by atoms with Gasteiger partial charge in [-0.15, -0.1) is 11.3 Å². The van der Waals surface area contributed by atoms with Gasteiger partial charge in [-0.25, -0.2) is 4.98 Å². The van der Waals surface area contributed by atoms with Crippen molar-refractivity contribution in [3.05, 3.63) is 76.3 Å². The molecule has 3 aromatic rings. The van der Waals surface area contributed by atoms with E-state index in [1.54, 1.807) is 4.90 Å². The largest absolute Gasteiger partial charge is 0.459 e. The van der Waals surface area contributed by atoms with Crippen LogP contribution >= 0.6 is 11.3 Å². The van der Waals surface area contributed by atoms with E-state index in [0.717, 1.165) is 22.4 Å². The van der Waals surface area contributed by atoms with Gasteiger partial charge < -0.3 is 4.74 Å². The van der Waals surface area contributed by atoms with E-state index in [4.69, 9.17) is 4.74 Å². The third-order valence-corrected chi connectivity index (χ3v) is 5.09. The first-order valence-corrected chi connectivity index (χ1v) is 9.84. The van der Waals surface area contributed by atoms with E-state index < -0.39 is 0 Å². The fourth-order valence-corrected chi connectivity index (χ4v) is 3.76. The van der Waals surface area contributed by atoms with Gasteiger partial charge in [0.2, 0.25) is 5.91 Å². The lowest BCUT2D eigenvalue weighted by Gasteiger charge is -2.20. The molecule has 0 saturated carbocycles. The molecule has 0 spiro atoms. The van der Waals surface area contributed by atoms with Crippen LogP contribution in [0.1, 0.15) is 29.3 Å². The molecule has 0 atom stereocenters. The Morgan fingerprint density at radius 1 is 1.11 bits per heavy atom. The van der Waals surface area contributed by atoms with Gasteiger partial charge in [0.1, 0.15) is 6.61 Å². The SMILES string of the molecule is CC(=O)N(c1nc(COC(=O)Cc2ccccc2)cs1)c1ccc(C)cc1C. The Kier molecular flexibility index (Phi) is 6.21. The molecule has 1 aromatic heterocycles. The highest BCUT2D eigenvalue weighted by Gasteiger charge is 2.20. The quantitative estimate of drug-likeness (QED) is 0.567. The van der Waals surface area contributed by atoms with Gasteiger partial charge in [0.05, 0.1) is 17.8 Å². The molecule has 0 aliphatic rings. The standard InChI is InChI=1S/C22H22N2O3S/c1-15-9-10-20(16(2)11-15)24(17(3)25)22-23-19(14-28-22)13-27-21(26)12-18-7-5-4-6-8-18/h4-11,14H,12-13H2,1-3H3. The molecule has 28 heavy (non-hydrogen) atoms. The Balaban J connectivity index is 1.69. The van der Waals surface area contributed by atoms with E-state index in [1.165, 1.54) is 18.3 Å². The summed E-state index contributed by atoms with van der Waals surface area (Å²) < 4.78 is 5.33. The molecule has 0 unspecified atom stereocenters. The summed E-state index contributed by atoms with van der Waals surface area (Å²) in [6.45, 7) is 5.58. The van der Waals surface area contributed by atoms with Gasteiger partial charge in [0.25, 0.3) is 0 Å². The summed E-state index contributed by atoms with van der Waals surface area (Å²) in [4.78, 5) is 30.4. The van der Waals surface area contributed by atoms with Crippen molar-refractivity contribution >= 4 is 34.0 Å². The number of aryl methyl sites for hydroxylation is 2. The maximum Gasteiger partial charge on any atom is 0.310 e. The molecular formula is C22H22N2O3S. The van der Waals surface area contributed by atoms with Crippen LogP contribution in [0.3, 0.4) is 0 Å². The molecule has 0 N–H and O–H groups in total. The summed E-state index contributed by atoms with van der Waals surface area (Å²) in [5.41, 5.74) is 4.47. The number of esters is 1. The van der Waals surface area contributed by atoms with Crippen LogP contribution in [0.4, 0.5) is 10.8 Å². The lowest BCUT2D eigenvalue weighted by atomic mass is 10.1. The van der Waals surface area contributed by atoms with E-state index >= 15 is 0 Å². The predicted octanol–water partition coefficient (Wildman–Crippen LogP) is 4.73. The molecule has 0 aliphatic heterocycles. The topological polar surface area (TPSA) is 59.5 Å². The average molecular weight is 394 g/mol. The molecule has 5 nitrogen and oxygen atoms in total. The first-order chi connectivity index (χ1) is 13.4. The van der Waals surface area contributed by atoms with E-state index in [9.17, 15) is 9.59 Å². The van der Waals surface area contributed by atoms with Crippen LogP contribution in [-0.2, 0) is 27.4 Å². The number of carbonyl (C=O) groups excluding carboxylic acids is 2. The molecule has 1 heterocycles. The molecule has 0 radical (unpaired) electrons. The van der Waals surface area contributed by atoms with Crippen molar-refractivity contribution in [1.29, 1.82) is 0 Å². The fraction of sp³-hybridized carbons (Fsp3) is 0.227. The van der Waals surface area contributed by atoms with Crippen LogP contribution in [0.2, 0.25) is 0 Å². The molecule has 2 aromatic carbocycles. The number of thiazole rings is 1. The second kappa shape index (κ2) is 8.80. The van der Waals surface area contributed by atoms with E-state index in [0.29, 0.717) is 10.8 Å². The summed E-state index contributed by atoms with van der Waals surface area (Å²) in [7, 11) is 0. The van der Waals surface area contributed by atoms with Gasteiger partial charge in [0.15, 0.2) is 5.13 Å². The molecule has 144 valence electrons. The van der Waals surface area contributed by atoms with Crippen LogP contribution in [0, 0.1) is 13.8 Å². The molecule has 1 amide bonds. The first-order valence-electron chi connectivity index (χ1n) is 8.96. The number of anilines is 2. The molecular weight excluding hydrogens is 372 g/mol. The zero-order chi connectivity index (χ0) is 20.1. The summed E-state index contributed by atoms with van der Waals surface area (Å²) in [6, 6.07) is 15.4. The number of benzene rings is 2. The summed E-state index contributed by atoms with van der Waals surface area (Å²) in [6.07, 6.45) is 0.222. The van der Waals surface area contributed by atoms with Crippen LogP contribution in [0.25, 0.3) is 0 Å². The molecule has 6 heteroatoms.